The number of hydrogen-bond acceptors (Lipinski definition) is 5. The molecule has 0 saturated carbocycles. The third-order valence-corrected chi connectivity index (χ3v) is 8.08. The van der Waals surface area contributed by atoms with Gasteiger partial charge in [-0.1, -0.05) is 79.4 Å². The summed E-state index contributed by atoms with van der Waals surface area (Å²) in [6.45, 7) is 4.06. The Morgan fingerprint density at radius 3 is 2.44 bits per heavy atom. The first-order valence-electron chi connectivity index (χ1n) is 14.3. The van der Waals surface area contributed by atoms with Crippen LogP contribution in [0.5, 0.6) is 0 Å². The summed E-state index contributed by atoms with van der Waals surface area (Å²) >= 11 is 0. The van der Waals surface area contributed by atoms with Crippen molar-refractivity contribution in [1.29, 1.82) is 0 Å². The molecule has 45 heavy (non-hydrogen) atoms. The smallest absolute Gasteiger partial charge is 0.416 e. The molecule has 2 heterocycles. The molecule has 3 aromatic rings. The zero-order chi connectivity index (χ0) is 31.4. The summed E-state index contributed by atoms with van der Waals surface area (Å²) < 4.78 is 45.2. The van der Waals surface area contributed by atoms with Gasteiger partial charge in [-0.25, -0.2) is 4.79 Å². The average molecular weight is 643 g/mol. The highest BCUT2D eigenvalue weighted by Gasteiger charge is 2.59. The minimum absolute atomic E-state index is 0. The monoisotopic (exact) mass is 642 g/mol. The Morgan fingerprint density at radius 1 is 1.04 bits per heavy atom. The summed E-state index contributed by atoms with van der Waals surface area (Å²) in [5.41, 5.74) is 7.46. The Hall–Kier alpha value is -4.35. The van der Waals surface area contributed by atoms with Gasteiger partial charge in [-0.2, -0.15) is 13.2 Å². The van der Waals surface area contributed by atoms with Crippen LogP contribution in [0.1, 0.15) is 52.7 Å². The number of carbonyl (C=O) groups is 3. The van der Waals surface area contributed by atoms with Crippen LogP contribution in [0.4, 0.5) is 18.0 Å². The van der Waals surface area contributed by atoms with Crippen molar-refractivity contribution >= 4 is 36.4 Å². The third-order valence-electron chi connectivity index (χ3n) is 8.08. The Labute approximate surface area is 265 Å². The first-order chi connectivity index (χ1) is 21.2. The Balaban J connectivity index is 0.00000461. The van der Waals surface area contributed by atoms with E-state index in [4.69, 9.17) is 10.5 Å². The molecule has 0 radical (unpaired) electrons. The van der Waals surface area contributed by atoms with Crippen LogP contribution in [-0.2, 0) is 27.0 Å². The van der Waals surface area contributed by atoms with E-state index < -0.39 is 53.8 Å². The van der Waals surface area contributed by atoms with Crippen LogP contribution >= 0.6 is 12.4 Å². The van der Waals surface area contributed by atoms with E-state index in [1.54, 1.807) is 12.1 Å². The summed E-state index contributed by atoms with van der Waals surface area (Å²) in [6, 6.07) is 18.0. The van der Waals surface area contributed by atoms with E-state index in [1.807, 2.05) is 48.5 Å². The number of nitrogens with one attached hydrogen (secondary N) is 1. The van der Waals surface area contributed by atoms with Gasteiger partial charge in [-0.15, -0.1) is 12.4 Å². The number of benzene rings is 3. The second kappa shape index (κ2) is 14.2. The van der Waals surface area contributed by atoms with Crippen molar-refractivity contribution in [3.8, 4) is 0 Å². The van der Waals surface area contributed by atoms with E-state index in [0.717, 1.165) is 23.3 Å². The molecule has 8 nitrogen and oxygen atoms in total. The normalized spacial score (nSPS) is 20.1. The zero-order valence-corrected chi connectivity index (χ0v) is 25.1. The molecule has 0 aliphatic carbocycles. The van der Waals surface area contributed by atoms with Crippen LogP contribution in [0, 0.1) is 0 Å². The van der Waals surface area contributed by atoms with Gasteiger partial charge in [0.1, 0.15) is 18.7 Å². The highest BCUT2D eigenvalue weighted by atomic mass is 35.5. The number of alkyl halides is 3. The highest BCUT2D eigenvalue weighted by Crippen LogP contribution is 2.46. The number of amides is 3. The molecular formula is C33H34ClF3N4O4. The van der Waals surface area contributed by atoms with Crippen LogP contribution in [-0.4, -0.2) is 52.9 Å². The highest BCUT2D eigenvalue weighted by molar-refractivity contribution is 5.97. The number of cyclic esters (lactones) is 1. The van der Waals surface area contributed by atoms with Crippen LogP contribution in [0.25, 0.3) is 6.08 Å². The number of hydrogen-bond donors (Lipinski definition) is 2. The van der Waals surface area contributed by atoms with E-state index >= 15 is 0 Å². The van der Waals surface area contributed by atoms with Gasteiger partial charge >= 0.3 is 12.3 Å². The van der Waals surface area contributed by atoms with Crippen molar-refractivity contribution in [2.45, 2.75) is 49.7 Å². The van der Waals surface area contributed by atoms with Gasteiger partial charge in [0, 0.05) is 6.54 Å². The summed E-state index contributed by atoms with van der Waals surface area (Å²) in [7, 11) is 0. The minimum Gasteiger partial charge on any atom is -0.447 e. The molecule has 12 heteroatoms. The number of nitrogens with two attached hydrogens (primary N) is 1. The molecule has 3 amide bonds. The lowest BCUT2D eigenvalue weighted by molar-refractivity contribution is -0.167. The molecule has 238 valence electrons. The van der Waals surface area contributed by atoms with Gasteiger partial charge in [0.15, 0.2) is 0 Å². The number of β-lactam (4-membered cyclic amide) rings is 1. The van der Waals surface area contributed by atoms with Crippen molar-refractivity contribution in [1.82, 2.24) is 15.1 Å². The molecule has 4 atom stereocenters. The number of halogens is 4. The lowest BCUT2D eigenvalue weighted by Crippen LogP contribution is -2.70. The predicted molar refractivity (Wildman–Crippen MR) is 165 cm³/mol. The second-order valence-electron chi connectivity index (χ2n) is 10.7. The van der Waals surface area contributed by atoms with Crippen molar-refractivity contribution in [3.63, 3.8) is 0 Å². The Bertz CT molecular complexity index is 1540. The second-order valence-corrected chi connectivity index (χ2v) is 10.7. The fourth-order valence-electron chi connectivity index (χ4n) is 5.94. The van der Waals surface area contributed by atoms with E-state index in [0.29, 0.717) is 12.0 Å². The average Bonchev–Trinajstić information content (AvgIpc) is 3.40. The lowest BCUT2D eigenvalue weighted by Gasteiger charge is -2.53. The molecule has 0 spiro atoms. The van der Waals surface area contributed by atoms with Gasteiger partial charge in [0.05, 0.1) is 17.6 Å². The van der Waals surface area contributed by atoms with Gasteiger partial charge in [-0.3, -0.25) is 14.5 Å². The maximum absolute atomic E-state index is 14.1. The zero-order valence-electron chi connectivity index (χ0n) is 24.3. The van der Waals surface area contributed by atoms with Crippen molar-refractivity contribution in [2.75, 3.05) is 13.2 Å². The largest absolute Gasteiger partial charge is 0.447 e. The number of likely N-dealkylation sites (tertiary alicyclic amines) is 1. The van der Waals surface area contributed by atoms with E-state index in [9.17, 15) is 27.6 Å². The first-order valence-corrected chi connectivity index (χ1v) is 14.3. The van der Waals surface area contributed by atoms with E-state index in [2.05, 4.69) is 11.9 Å². The van der Waals surface area contributed by atoms with Crippen molar-refractivity contribution in [2.24, 2.45) is 5.73 Å². The molecule has 2 fully saturated rings. The number of rotatable bonds is 11. The molecular weight excluding hydrogens is 609 g/mol. The lowest BCUT2D eigenvalue weighted by atomic mass is 9.81. The van der Waals surface area contributed by atoms with Crippen LogP contribution in [0.3, 0.4) is 0 Å². The summed E-state index contributed by atoms with van der Waals surface area (Å²) in [4.78, 5) is 43.9. The van der Waals surface area contributed by atoms with E-state index in [-0.39, 0.29) is 44.1 Å². The Morgan fingerprint density at radius 2 is 1.76 bits per heavy atom. The molecule has 0 aromatic heterocycles. The number of nitrogens with zero attached hydrogens (tertiary/aromatic N) is 2. The SMILES string of the molecule is C=Cc1ccccc1[C@@H]1[C@H](N2C(=O)OC[C@@H]2c2ccccc2)C(=O)N1[C@@H](CCCN)C(=O)NCc1cccc(C(F)(F)F)c1.Cl. The molecule has 0 unspecified atom stereocenters. The molecule has 3 aromatic carbocycles. The number of ether oxygens (including phenoxy) is 1. The van der Waals surface area contributed by atoms with Gasteiger partial charge in [0.25, 0.3) is 0 Å². The van der Waals surface area contributed by atoms with Gasteiger partial charge in [-0.05, 0) is 53.8 Å². The molecule has 5 rings (SSSR count). The van der Waals surface area contributed by atoms with Gasteiger partial charge < -0.3 is 20.7 Å². The predicted octanol–water partition coefficient (Wildman–Crippen LogP) is 5.64. The minimum atomic E-state index is -4.52. The standard InChI is InChI=1S/C33H33F3N4O4.ClH/c1-2-22-11-6-7-15-25(22)28-29(40-27(20-44-32(40)43)23-12-4-3-5-13-23)31(42)39(28)26(16-9-17-37)30(41)38-19-21-10-8-14-24(18-21)33(34,35)36;/h2-8,10-15,18,26-29H,1,9,16-17,19-20,37H2,(H,38,41);1H/t26-,27+,28+,29-;/m0./s1. The topological polar surface area (TPSA) is 105 Å². The van der Waals surface area contributed by atoms with Crippen molar-refractivity contribution < 1.29 is 32.3 Å². The van der Waals surface area contributed by atoms with Crippen LogP contribution < -0.4 is 11.1 Å². The molecule has 2 aliphatic rings. The molecule has 3 N–H and O–H groups in total. The maximum Gasteiger partial charge on any atom is 0.416 e. The molecule has 2 saturated heterocycles. The summed E-state index contributed by atoms with van der Waals surface area (Å²) in [5.74, 6) is -0.975. The summed E-state index contributed by atoms with van der Waals surface area (Å²) in [6.07, 6.45) is -2.89. The van der Waals surface area contributed by atoms with Crippen LogP contribution in [0.2, 0.25) is 0 Å². The molecule has 0 bridgehead atoms. The fraction of sp³-hybridized carbons (Fsp3) is 0.303. The first kappa shape index (κ1) is 33.5. The van der Waals surface area contributed by atoms with E-state index in [1.165, 1.54) is 21.9 Å². The molecule has 2 aliphatic heterocycles. The fourth-order valence-corrected chi connectivity index (χ4v) is 5.94. The number of carbonyl (C=O) groups excluding carboxylic acids is 3. The maximum atomic E-state index is 14.1. The Kier molecular flexibility index (Phi) is 10.6. The summed E-state index contributed by atoms with van der Waals surface area (Å²) in [5, 5.41) is 2.72. The quantitative estimate of drug-likeness (QED) is 0.264. The van der Waals surface area contributed by atoms with Crippen LogP contribution in [0.15, 0.2) is 85.4 Å². The van der Waals surface area contributed by atoms with Gasteiger partial charge in [0.2, 0.25) is 11.8 Å². The van der Waals surface area contributed by atoms with Crippen molar-refractivity contribution in [3.05, 3.63) is 113 Å². The third kappa shape index (κ3) is 6.84.